The topological polar surface area (TPSA) is 119 Å². The Morgan fingerprint density at radius 3 is 2.35 bits per heavy atom. The second-order valence-corrected chi connectivity index (χ2v) is 8.90. The van der Waals surface area contributed by atoms with E-state index in [1.54, 1.807) is 35.7 Å². The number of nitrogens with zero attached hydrogens (tertiary/aromatic N) is 6. The number of hydrogen-bond acceptors (Lipinski definition) is 7. The van der Waals surface area contributed by atoms with Gasteiger partial charge in [0, 0.05) is 31.2 Å². The Bertz CT molecular complexity index is 1340. The first kappa shape index (κ1) is 21.7. The first-order chi connectivity index (χ1) is 16.4. The first-order valence-electron chi connectivity index (χ1n) is 11.1. The molecule has 3 aromatic heterocycles. The number of aliphatic carboxylic acids is 1. The first-order valence-corrected chi connectivity index (χ1v) is 11.1. The quantitative estimate of drug-likeness (QED) is 0.423. The van der Waals surface area contributed by atoms with Crippen LogP contribution in [0.4, 0.5) is 11.6 Å². The summed E-state index contributed by atoms with van der Waals surface area (Å²) < 4.78 is 1.71. The standard InChI is InChI=1S/C25H25N7O2/c1-15(2)20-13-26-14-21(30-20)31-23-19(12-29-32(23)3)22-27-10-17(11-28-22)16-4-6-18(7-5-16)25(8-9-25)24(33)34/h4-7,10-15H,8-9H2,1-3H3,(H,30,31)(H,33,34). The maximum absolute atomic E-state index is 11.6. The lowest BCUT2D eigenvalue weighted by molar-refractivity contribution is -0.140. The van der Waals surface area contributed by atoms with E-state index in [4.69, 9.17) is 0 Å². The number of carboxylic acid groups (broad SMARTS) is 1. The molecule has 0 unspecified atom stereocenters. The normalized spacial score (nSPS) is 14.2. The number of aryl methyl sites for hydroxylation is 1. The van der Waals surface area contributed by atoms with Crippen LogP contribution in [0.15, 0.2) is 55.2 Å². The number of nitrogens with one attached hydrogen (secondary N) is 1. The van der Waals surface area contributed by atoms with Crippen molar-refractivity contribution >= 4 is 17.6 Å². The molecule has 0 atom stereocenters. The summed E-state index contributed by atoms with van der Waals surface area (Å²) in [6, 6.07) is 7.63. The highest BCUT2D eigenvalue weighted by molar-refractivity contribution is 5.85. The van der Waals surface area contributed by atoms with Crippen LogP contribution in [0.5, 0.6) is 0 Å². The molecule has 0 bridgehead atoms. The third-order valence-electron chi connectivity index (χ3n) is 6.25. The van der Waals surface area contributed by atoms with E-state index in [1.165, 1.54) is 0 Å². The predicted molar refractivity (Wildman–Crippen MR) is 128 cm³/mol. The van der Waals surface area contributed by atoms with Gasteiger partial charge in [0.25, 0.3) is 0 Å². The number of hydrogen-bond donors (Lipinski definition) is 2. The minimum atomic E-state index is -0.754. The van der Waals surface area contributed by atoms with E-state index >= 15 is 0 Å². The van der Waals surface area contributed by atoms with Gasteiger partial charge in [-0.2, -0.15) is 5.10 Å². The molecule has 9 heteroatoms. The lowest BCUT2D eigenvalue weighted by atomic mass is 9.94. The van der Waals surface area contributed by atoms with Crippen molar-refractivity contribution < 1.29 is 9.90 Å². The van der Waals surface area contributed by atoms with Gasteiger partial charge in [-0.25, -0.2) is 15.0 Å². The second kappa shape index (κ2) is 8.33. The van der Waals surface area contributed by atoms with Gasteiger partial charge in [-0.3, -0.25) is 14.5 Å². The van der Waals surface area contributed by atoms with Gasteiger partial charge in [-0.1, -0.05) is 38.1 Å². The van der Waals surface area contributed by atoms with E-state index in [2.05, 4.69) is 44.2 Å². The fraction of sp³-hybridized carbons (Fsp3) is 0.280. The predicted octanol–water partition coefficient (Wildman–Crippen LogP) is 4.32. The molecule has 2 N–H and O–H groups in total. The van der Waals surface area contributed by atoms with E-state index in [9.17, 15) is 9.90 Å². The van der Waals surface area contributed by atoms with E-state index in [-0.39, 0.29) is 5.92 Å². The Kier molecular flexibility index (Phi) is 5.31. The Morgan fingerprint density at radius 2 is 1.74 bits per heavy atom. The third-order valence-corrected chi connectivity index (χ3v) is 6.25. The highest BCUT2D eigenvalue weighted by Crippen LogP contribution is 2.48. The summed E-state index contributed by atoms with van der Waals surface area (Å²) in [7, 11) is 1.84. The fourth-order valence-corrected chi connectivity index (χ4v) is 3.94. The molecule has 1 aliphatic rings. The maximum Gasteiger partial charge on any atom is 0.314 e. The molecule has 0 radical (unpaired) electrons. The van der Waals surface area contributed by atoms with E-state index < -0.39 is 11.4 Å². The van der Waals surface area contributed by atoms with Crippen LogP contribution < -0.4 is 5.32 Å². The lowest BCUT2D eigenvalue weighted by Gasteiger charge is -2.11. The molecule has 1 saturated carbocycles. The van der Waals surface area contributed by atoms with Crippen LogP contribution >= 0.6 is 0 Å². The lowest BCUT2D eigenvalue weighted by Crippen LogP contribution is -2.19. The molecule has 9 nitrogen and oxygen atoms in total. The van der Waals surface area contributed by atoms with Crippen LogP contribution in [-0.2, 0) is 17.3 Å². The number of carboxylic acids is 1. The monoisotopic (exact) mass is 455 g/mol. The van der Waals surface area contributed by atoms with Crippen molar-refractivity contribution in [3.05, 3.63) is 66.5 Å². The van der Waals surface area contributed by atoms with Crippen molar-refractivity contribution in [1.82, 2.24) is 29.7 Å². The number of anilines is 2. The van der Waals surface area contributed by atoms with Crippen molar-refractivity contribution in [3.63, 3.8) is 0 Å². The molecule has 1 aromatic carbocycles. The highest BCUT2D eigenvalue weighted by atomic mass is 16.4. The zero-order valence-electron chi connectivity index (χ0n) is 19.2. The summed E-state index contributed by atoms with van der Waals surface area (Å²) in [5.74, 6) is 1.39. The van der Waals surface area contributed by atoms with E-state index in [0.717, 1.165) is 33.8 Å². The van der Waals surface area contributed by atoms with Crippen LogP contribution in [0.3, 0.4) is 0 Å². The molecule has 0 amide bonds. The molecule has 34 heavy (non-hydrogen) atoms. The van der Waals surface area contributed by atoms with Crippen LogP contribution in [0, 0.1) is 0 Å². The van der Waals surface area contributed by atoms with Gasteiger partial charge in [-0.05, 0) is 29.9 Å². The maximum atomic E-state index is 11.6. The summed E-state index contributed by atoms with van der Waals surface area (Å²) in [4.78, 5) is 29.6. The van der Waals surface area contributed by atoms with Gasteiger partial charge in [0.15, 0.2) is 5.82 Å². The summed E-state index contributed by atoms with van der Waals surface area (Å²) in [6.45, 7) is 4.14. The molecular formula is C25H25N7O2. The van der Waals surface area contributed by atoms with Crippen molar-refractivity contribution in [2.24, 2.45) is 7.05 Å². The zero-order chi connectivity index (χ0) is 23.9. The molecule has 0 saturated heterocycles. The van der Waals surface area contributed by atoms with Crippen molar-refractivity contribution in [2.75, 3.05) is 5.32 Å². The van der Waals surface area contributed by atoms with Crippen LogP contribution in [0.2, 0.25) is 0 Å². The average molecular weight is 456 g/mol. The van der Waals surface area contributed by atoms with Crippen LogP contribution in [-0.4, -0.2) is 40.8 Å². The van der Waals surface area contributed by atoms with Crippen molar-refractivity contribution in [1.29, 1.82) is 0 Å². The molecule has 172 valence electrons. The smallest absolute Gasteiger partial charge is 0.314 e. The molecule has 0 aliphatic heterocycles. The van der Waals surface area contributed by atoms with Crippen molar-refractivity contribution in [3.8, 4) is 22.5 Å². The largest absolute Gasteiger partial charge is 0.481 e. The molecule has 4 aromatic rings. The van der Waals surface area contributed by atoms with E-state index in [1.807, 2.05) is 31.3 Å². The average Bonchev–Trinajstić information content (AvgIpc) is 3.59. The number of rotatable bonds is 7. The van der Waals surface area contributed by atoms with Crippen LogP contribution in [0.25, 0.3) is 22.5 Å². The molecule has 1 aliphatic carbocycles. The van der Waals surface area contributed by atoms with Crippen molar-refractivity contribution in [2.45, 2.75) is 38.0 Å². The minimum Gasteiger partial charge on any atom is -0.481 e. The van der Waals surface area contributed by atoms with Crippen LogP contribution in [0.1, 0.15) is 43.9 Å². The molecule has 3 heterocycles. The number of carbonyl (C=O) groups is 1. The van der Waals surface area contributed by atoms with Gasteiger partial charge >= 0.3 is 5.97 Å². The molecular weight excluding hydrogens is 430 g/mol. The van der Waals surface area contributed by atoms with Gasteiger partial charge in [0.05, 0.1) is 29.1 Å². The fourth-order valence-electron chi connectivity index (χ4n) is 3.94. The summed E-state index contributed by atoms with van der Waals surface area (Å²) in [5.41, 5.74) is 3.57. The zero-order valence-corrected chi connectivity index (χ0v) is 19.2. The second-order valence-electron chi connectivity index (χ2n) is 8.90. The molecule has 5 rings (SSSR count). The van der Waals surface area contributed by atoms with E-state index in [0.29, 0.717) is 24.5 Å². The Balaban J connectivity index is 1.38. The molecule has 1 fully saturated rings. The number of benzene rings is 1. The summed E-state index contributed by atoms with van der Waals surface area (Å²) in [6.07, 6.45) is 10.1. The third kappa shape index (κ3) is 3.89. The Morgan fingerprint density at radius 1 is 1.03 bits per heavy atom. The summed E-state index contributed by atoms with van der Waals surface area (Å²) in [5, 5.41) is 17.2. The highest BCUT2D eigenvalue weighted by Gasteiger charge is 2.51. The summed E-state index contributed by atoms with van der Waals surface area (Å²) >= 11 is 0. The van der Waals surface area contributed by atoms with Gasteiger partial charge in [0.2, 0.25) is 0 Å². The van der Waals surface area contributed by atoms with Gasteiger partial charge in [0.1, 0.15) is 11.6 Å². The molecule has 0 spiro atoms. The minimum absolute atomic E-state index is 0.268. The Labute approximate surface area is 197 Å². The number of aromatic nitrogens is 6. The van der Waals surface area contributed by atoms with Gasteiger partial charge < -0.3 is 10.4 Å². The Hall–Kier alpha value is -4.14. The van der Waals surface area contributed by atoms with Gasteiger partial charge in [-0.15, -0.1) is 0 Å². The SMILES string of the molecule is CC(C)c1cncc(Nc2c(-c3ncc(-c4ccc(C5(C(=O)O)CC5)cc4)cn3)cnn2C)n1.